The monoisotopic (exact) mass is 675 g/mol. The van der Waals surface area contributed by atoms with Crippen LogP contribution in [0.25, 0.3) is 22.5 Å². The molecule has 0 unspecified atom stereocenters. The van der Waals surface area contributed by atoms with E-state index >= 15 is 0 Å². The number of aryl methyl sites for hydroxylation is 1. The molecule has 3 N–H and O–H groups in total. The molecular formula is C28H21Cl2F6N5O2S. The highest BCUT2D eigenvalue weighted by atomic mass is 35.5. The highest BCUT2D eigenvalue weighted by molar-refractivity contribution is 7.98. The Hall–Kier alpha value is -3.72. The van der Waals surface area contributed by atoms with Crippen LogP contribution in [0.2, 0.25) is 5.02 Å². The SMILES string of the molecule is CSc1cc(-c2ccc3c(c2)N(/C(=C\N)c2ccc(OC(F)(F)F)cc2)N(Cl)c2c(C(F)(F)F)nc(C)n2-3)cc(Cl)c1CO. The van der Waals surface area contributed by atoms with E-state index in [-0.39, 0.29) is 35.1 Å². The zero-order valence-corrected chi connectivity index (χ0v) is 25.0. The molecule has 0 fully saturated rings. The Morgan fingerprint density at radius 1 is 1.02 bits per heavy atom. The van der Waals surface area contributed by atoms with Crippen LogP contribution >= 0.6 is 35.1 Å². The Balaban J connectivity index is 1.73. The third-order valence-corrected chi connectivity index (χ3v) is 8.17. The Labute approximate surface area is 261 Å². The number of aliphatic hydroxyl groups is 1. The van der Waals surface area contributed by atoms with Crippen LogP contribution in [0.5, 0.6) is 5.75 Å². The molecule has 0 amide bonds. The lowest BCUT2D eigenvalue weighted by molar-refractivity contribution is -0.274. The molecule has 0 atom stereocenters. The molecular weight excluding hydrogens is 655 g/mol. The number of halogens is 8. The molecule has 1 aliphatic rings. The first-order valence-corrected chi connectivity index (χ1v) is 14.4. The van der Waals surface area contributed by atoms with Gasteiger partial charge >= 0.3 is 12.5 Å². The van der Waals surface area contributed by atoms with E-state index in [1.54, 1.807) is 24.3 Å². The van der Waals surface area contributed by atoms with Crippen molar-refractivity contribution in [1.82, 2.24) is 9.55 Å². The number of imidazole rings is 1. The third-order valence-electron chi connectivity index (χ3n) is 6.72. The van der Waals surface area contributed by atoms with E-state index in [1.807, 2.05) is 12.3 Å². The summed E-state index contributed by atoms with van der Waals surface area (Å²) in [5.74, 6) is -1.03. The molecule has 0 aliphatic carbocycles. The number of thioether (sulfide) groups is 1. The number of benzene rings is 3. The zero-order chi connectivity index (χ0) is 32.1. The first-order chi connectivity index (χ1) is 20.7. The van der Waals surface area contributed by atoms with Crippen molar-refractivity contribution < 1.29 is 36.2 Å². The van der Waals surface area contributed by atoms with Crippen molar-refractivity contribution in [2.24, 2.45) is 5.73 Å². The summed E-state index contributed by atoms with van der Waals surface area (Å²) in [7, 11) is 0. The average Bonchev–Trinajstić information content (AvgIpc) is 3.32. The highest BCUT2D eigenvalue weighted by Gasteiger charge is 2.45. The molecule has 5 rings (SSSR count). The van der Waals surface area contributed by atoms with Gasteiger partial charge in [-0.25, -0.2) is 9.99 Å². The van der Waals surface area contributed by atoms with Crippen LogP contribution in [0.1, 0.15) is 22.6 Å². The van der Waals surface area contributed by atoms with Gasteiger partial charge in [-0.3, -0.25) is 4.57 Å². The summed E-state index contributed by atoms with van der Waals surface area (Å²) in [5, 5.41) is 11.3. The zero-order valence-electron chi connectivity index (χ0n) is 22.6. The highest BCUT2D eigenvalue weighted by Crippen LogP contribution is 2.49. The fourth-order valence-corrected chi connectivity index (χ4v) is 6.19. The van der Waals surface area contributed by atoms with E-state index in [9.17, 15) is 31.4 Å². The number of aromatic nitrogens is 2. The van der Waals surface area contributed by atoms with Crippen LogP contribution in [-0.4, -0.2) is 27.3 Å². The van der Waals surface area contributed by atoms with Crippen LogP contribution in [0, 0.1) is 6.92 Å². The van der Waals surface area contributed by atoms with Gasteiger partial charge in [0.05, 0.1) is 23.7 Å². The van der Waals surface area contributed by atoms with Gasteiger partial charge in [-0.2, -0.15) is 17.7 Å². The van der Waals surface area contributed by atoms with Gasteiger partial charge in [0.1, 0.15) is 11.6 Å². The number of fused-ring (bicyclic) bond motifs is 3. The minimum atomic E-state index is -4.93. The van der Waals surface area contributed by atoms with E-state index in [0.29, 0.717) is 26.2 Å². The summed E-state index contributed by atoms with van der Waals surface area (Å²) >= 11 is 14.5. The van der Waals surface area contributed by atoms with Gasteiger partial charge < -0.3 is 15.6 Å². The summed E-state index contributed by atoms with van der Waals surface area (Å²) in [4.78, 5) is 4.47. The number of hydrogen-bond acceptors (Lipinski definition) is 7. The van der Waals surface area contributed by atoms with Crippen LogP contribution < -0.4 is 20.0 Å². The fraction of sp³-hybridized carbons (Fsp3) is 0.179. The second-order valence-corrected chi connectivity index (χ2v) is 10.9. The fourth-order valence-electron chi connectivity index (χ4n) is 4.87. The minimum Gasteiger partial charge on any atom is -0.406 e. The molecule has 0 saturated carbocycles. The van der Waals surface area contributed by atoms with E-state index in [0.717, 1.165) is 23.2 Å². The number of anilines is 2. The molecule has 0 radical (unpaired) electrons. The van der Waals surface area contributed by atoms with Gasteiger partial charge in [-0.05, 0) is 72.8 Å². The molecule has 0 bridgehead atoms. The smallest absolute Gasteiger partial charge is 0.406 e. The summed E-state index contributed by atoms with van der Waals surface area (Å²) in [5.41, 5.74) is 7.27. The predicted octanol–water partition coefficient (Wildman–Crippen LogP) is 8.29. The maximum Gasteiger partial charge on any atom is 0.573 e. The Kier molecular flexibility index (Phi) is 8.39. The van der Waals surface area contributed by atoms with Crippen molar-refractivity contribution in [1.29, 1.82) is 0 Å². The Bertz CT molecular complexity index is 1760. The molecule has 1 aliphatic heterocycles. The lowest BCUT2D eigenvalue weighted by Gasteiger charge is -2.40. The molecule has 4 aromatic rings. The van der Waals surface area contributed by atoms with Gasteiger partial charge in [-0.1, -0.05) is 17.7 Å². The van der Waals surface area contributed by atoms with E-state index in [4.69, 9.17) is 29.1 Å². The second-order valence-electron chi connectivity index (χ2n) is 9.36. The summed E-state index contributed by atoms with van der Waals surface area (Å²) in [6.45, 7) is 1.12. The summed E-state index contributed by atoms with van der Waals surface area (Å²) in [6.07, 6.45) is -6.93. The Morgan fingerprint density at radius 3 is 2.27 bits per heavy atom. The van der Waals surface area contributed by atoms with E-state index in [2.05, 4.69) is 9.72 Å². The number of alkyl halides is 6. The number of nitrogens with zero attached hydrogens (tertiary/aromatic N) is 4. The lowest BCUT2D eigenvalue weighted by atomic mass is 10.0. The normalized spacial score (nSPS) is 13.7. The van der Waals surface area contributed by atoms with Gasteiger partial charge in [0.2, 0.25) is 0 Å². The van der Waals surface area contributed by atoms with Gasteiger partial charge in [0.15, 0.2) is 11.5 Å². The third kappa shape index (κ3) is 5.74. The molecule has 3 aromatic carbocycles. The van der Waals surface area contributed by atoms with Crippen LogP contribution in [0.3, 0.4) is 0 Å². The Morgan fingerprint density at radius 2 is 1.70 bits per heavy atom. The number of rotatable bonds is 6. The number of hydrazine groups is 1. The van der Waals surface area contributed by atoms with Crippen LogP contribution in [0.4, 0.5) is 37.8 Å². The molecule has 7 nitrogen and oxygen atoms in total. The van der Waals surface area contributed by atoms with E-state index < -0.39 is 29.8 Å². The standard InChI is InChI=1S/C28H21Cl2F6N5O2S/c1-14-38-25(27(31,32)33)26-39(14)21-8-5-16(17-9-20(29)19(13-42)24(11-17)44-2)10-22(21)40(41(26)30)23(12-37)15-3-6-18(7-4-15)43-28(34,35)36/h3-12,42H,13,37H2,1-2H3/b23-12-. The van der Waals surface area contributed by atoms with Crippen molar-refractivity contribution in [3.05, 3.63) is 88.5 Å². The lowest BCUT2D eigenvalue weighted by Crippen LogP contribution is -2.41. The molecule has 0 spiro atoms. The largest absolute Gasteiger partial charge is 0.573 e. The number of aliphatic hydroxyl groups excluding tert-OH is 1. The molecule has 44 heavy (non-hydrogen) atoms. The summed E-state index contributed by atoms with van der Waals surface area (Å²) < 4.78 is 86.6. The van der Waals surface area contributed by atoms with Crippen molar-refractivity contribution >= 4 is 52.3 Å². The van der Waals surface area contributed by atoms with Crippen molar-refractivity contribution in [3.63, 3.8) is 0 Å². The molecule has 232 valence electrons. The van der Waals surface area contributed by atoms with Gasteiger partial charge in [0.25, 0.3) is 0 Å². The topological polar surface area (TPSA) is 79.8 Å². The first-order valence-electron chi connectivity index (χ1n) is 12.5. The van der Waals surface area contributed by atoms with Crippen molar-refractivity contribution in [2.75, 3.05) is 15.8 Å². The van der Waals surface area contributed by atoms with Crippen molar-refractivity contribution in [3.8, 4) is 22.6 Å². The van der Waals surface area contributed by atoms with Crippen LogP contribution in [0.15, 0.2) is 65.7 Å². The quantitative estimate of drug-likeness (QED) is 0.121. The average molecular weight is 676 g/mol. The minimum absolute atomic E-state index is 0.00133. The summed E-state index contributed by atoms with van der Waals surface area (Å²) in [6, 6.07) is 13.0. The van der Waals surface area contributed by atoms with Gasteiger partial charge in [-0.15, -0.1) is 24.9 Å². The maximum atomic E-state index is 14.2. The number of ether oxygens (including phenoxy) is 1. The molecule has 2 heterocycles. The van der Waals surface area contributed by atoms with Crippen LogP contribution in [-0.2, 0) is 12.8 Å². The molecule has 0 saturated heterocycles. The second kappa shape index (κ2) is 11.7. The maximum absolute atomic E-state index is 14.2. The van der Waals surface area contributed by atoms with Crippen molar-refractivity contribution in [2.45, 2.75) is 31.0 Å². The number of nitrogens with two attached hydrogens (primary N) is 1. The van der Waals surface area contributed by atoms with E-state index in [1.165, 1.54) is 40.4 Å². The molecule has 1 aromatic heterocycles. The predicted molar refractivity (Wildman–Crippen MR) is 158 cm³/mol. The first kappa shape index (κ1) is 31.7. The number of hydrogen-bond donors (Lipinski definition) is 2. The molecule has 16 heteroatoms. The van der Waals surface area contributed by atoms with Gasteiger partial charge in [0, 0.05) is 39.0 Å².